The van der Waals surface area contributed by atoms with Gasteiger partial charge in [0.25, 0.3) is 0 Å². The van der Waals surface area contributed by atoms with Crippen LogP contribution in [-0.4, -0.2) is 53.7 Å². The third-order valence-electron chi connectivity index (χ3n) is 6.91. The van der Waals surface area contributed by atoms with Crippen molar-refractivity contribution in [3.8, 4) is 11.1 Å². The van der Waals surface area contributed by atoms with Gasteiger partial charge in [-0.3, -0.25) is 9.59 Å². The number of piperidine rings is 1. The second-order valence-electron chi connectivity index (χ2n) is 8.97. The van der Waals surface area contributed by atoms with E-state index in [0.717, 1.165) is 22.3 Å². The van der Waals surface area contributed by atoms with Gasteiger partial charge in [0.05, 0.1) is 11.8 Å². The Kier molecular flexibility index (Phi) is 6.67. The van der Waals surface area contributed by atoms with Crippen LogP contribution in [0.15, 0.2) is 48.5 Å². The maximum absolute atomic E-state index is 12.9. The molecule has 0 radical (unpaired) electrons. The van der Waals surface area contributed by atoms with Gasteiger partial charge in [-0.1, -0.05) is 55.5 Å². The molecule has 2 aromatic carbocycles. The molecule has 1 aliphatic heterocycles. The highest BCUT2D eigenvalue weighted by Crippen LogP contribution is 2.44. The average molecular weight is 451 g/mol. The first kappa shape index (κ1) is 22.8. The van der Waals surface area contributed by atoms with Crippen molar-refractivity contribution in [1.29, 1.82) is 0 Å². The molecule has 33 heavy (non-hydrogen) atoms. The van der Waals surface area contributed by atoms with Gasteiger partial charge >= 0.3 is 12.1 Å². The monoisotopic (exact) mass is 450 g/mol. The molecule has 0 saturated carbocycles. The molecule has 1 aliphatic carbocycles. The van der Waals surface area contributed by atoms with Gasteiger partial charge < -0.3 is 20.1 Å². The number of nitrogens with zero attached hydrogens (tertiary/aromatic N) is 1. The topological polar surface area (TPSA) is 95.9 Å². The molecule has 7 heteroatoms. The summed E-state index contributed by atoms with van der Waals surface area (Å²) in [6.45, 7) is 4.41. The normalized spacial score (nSPS) is 20.5. The van der Waals surface area contributed by atoms with Crippen LogP contribution in [0.4, 0.5) is 4.79 Å². The summed E-state index contributed by atoms with van der Waals surface area (Å²) in [5, 5.41) is 12.1. The molecular weight excluding hydrogens is 420 g/mol. The molecular formula is C26H30N2O5. The largest absolute Gasteiger partial charge is 0.481 e. The first-order chi connectivity index (χ1) is 15.9. The number of hydrogen-bond acceptors (Lipinski definition) is 4. The quantitative estimate of drug-likeness (QED) is 0.697. The van der Waals surface area contributed by atoms with E-state index in [0.29, 0.717) is 19.4 Å². The number of amides is 2. The third-order valence-corrected chi connectivity index (χ3v) is 6.91. The van der Waals surface area contributed by atoms with Crippen LogP contribution in [0.2, 0.25) is 0 Å². The Hall–Kier alpha value is -3.35. The predicted molar refractivity (Wildman–Crippen MR) is 124 cm³/mol. The lowest BCUT2D eigenvalue weighted by atomic mass is 9.89. The standard InChI is InChI=1S/C26H30N2O5/c1-16(24(29)28-13-7-12-18(17(28)2)25(30)31)14-27-26(32)33-15-23-21-10-5-3-8-19(21)20-9-4-6-11-22(20)23/h3-6,8-11,16-18,23H,7,12-15H2,1-2H3,(H,27,32)(H,30,31). The highest BCUT2D eigenvalue weighted by Gasteiger charge is 2.36. The lowest BCUT2D eigenvalue weighted by Crippen LogP contribution is -2.52. The lowest BCUT2D eigenvalue weighted by molar-refractivity contribution is -0.150. The zero-order valence-electron chi connectivity index (χ0n) is 19.0. The molecule has 2 aromatic rings. The van der Waals surface area contributed by atoms with Crippen molar-refractivity contribution in [3.05, 3.63) is 59.7 Å². The summed E-state index contributed by atoms with van der Waals surface area (Å²) in [7, 11) is 0. The summed E-state index contributed by atoms with van der Waals surface area (Å²) < 4.78 is 5.53. The zero-order valence-corrected chi connectivity index (χ0v) is 19.0. The molecule has 3 atom stereocenters. The first-order valence-electron chi connectivity index (χ1n) is 11.5. The van der Waals surface area contributed by atoms with Crippen molar-refractivity contribution in [2.24, 2.45) is 11.8 Å². The molecule has 1 fully saturated rings. The van der Waals surface area contributed by atoms with E-state index < -0.39 is 23.9 Å². The lowest BCUT2D eigenvalue weighted by Gasteiger charge is -2.38. The van der Waals surface area contributed by atoms with Crippen LogP contribution < -0.4 is 5.32 Å². The van der Waals surface area contributed by atoms with Crippen molar-refractivity contribution in [1.82, 2.24) is 10.2 Å². The number of rotatable bonds is 6. The minimum Gasteiger partial charge on any atom is -0.481 e. The molecule has 174 valence electrons. The van der Waals surface area contributed by atoms with Crippen LogP contribution in [0.1, 0.15) is 43.7 Å². The molecule has 1 heterocycles. The van der Waals surface area contributed by atoms with Crippen molar-refractivity contribution < 1.29 is 24.2 Å². The number of fused-ring (bicyclic) bond motifs is 3. The summed E-state index contributed by atoms with van der Waals surface area (Å²) >= 11 is 0. The number of alkyl carbamates (subject to hydrolysis) is 1. The highest BCUT2D eigenvalue weighted by molar-refractivity contribution is 5.81. The third kappa shape index (κ3) is 4.58. The van der Waals surface area contributed by atoms with Gasteiger partial charge in [-0.2, -0.15) is 0 Å². The number of aliphatic carboxylic acids is 1. The Labute approximate surface area is 193 Å². The minimum absolute atomic E-state index is 0.0237. The summed E-state index contributed by atoms with van der Waals surface area (Å²) in [4.78, 5) is 38.3. The molecule has 2 amide bonds. The number of carboxylic acid groups (broad SMARTS) is 1. The van der Waals surface area contributed by atoms with E-state index >= 15 is 0 Å². The van der Waals surface area contributed by atoms with E-state index in [9.17, 15) is 19.5 Å². The molecule has 2 N–H and O–H groups in total. The Morgan fingerprint density at radius 1 is 1.09 bits per heavy atom. The molecule has 0 bridgehead atoms. The molecule has 0 aromatic heterocycles. The van der Waals surface area contributed by atoms with E-state index in [-0.39, 0.29) is 31.0 Å². The SMILES string of the molecule is CC(CNC(=O)OCC1c2ccccc2-c2ccccc21)C(=O)N1CCCC(C(=O)O)C1C. The maximum Gasteiger partial charge on any atom is 0.407 e. The predicted octanol–water partition coefficient (Wildman–Crippen LogP) is 3.87. The number of ether oxygens (including phenoxy) is 1. The fraction of sp³-hybridized carbons (Fsp3) is 0.423. The molecule has 7 nitrogen and oxygen atoms in total. The fourth-order valence-electron chi connectivity index (χ4n) is 5.04. The molecule has 1 saturated heterocycles. The number of benzene rings is 2. The number of likely N-dealkylation sites (tertiary alicyclic amines) is 1. The van der Waals surface area contributed by atoms with Gasteiger partial charge in [-0.05, 0) is 42.0 Å². The van der Waals surface area contributed by atoms with Gasteiger partial charge in [0.15, 0.2) is 0 Å². The summed E-state index contributed by atoms with van der Waals surface area (Å²) in [6, 6.07) is 15.9. The van der Waals surface area contributed by atoms with Crippen LogP contribution in [0.3, 0.4) is 0 Å². The maximum atomic E-state index is 12.9. The number of carboxylic acids is 1. The number of hydrogen-bond donors (Lipinski definition) is 2. The number of carbonyl (C=O) groups is 3. The van der Waals surface area contributed by atoms with E-state index in [1.807, 2.05) is 24.3 Å². The van der Waals surface area contributed by atoms with Crippen molar-refractivity contribution >= 4 is 18.0 Å². The van der Waals surface area contributed by atoms with Gasteiger partial charge in [0, 0.05) is 25.0 Å². The minimum atomic E-state index is -0.871. The molecule has 0 spiro atoms. The second-order valence-corrected chi connectivity index (χ2v) is 8.97. The van der Waals surface area contributed by atoms with Crippen LogP contribution >= 0.6 is 0 Å². The smallest absolute Gasteiger partial charge is 0.407 e. The highest BCUT2D eigenvalue weighted by atomic mass is 16.5. The number of carbonyl (C=O) groups excluding carboxylic acids is 2. The van der Waals surface area contributed by atoms with Crippen molar-refractivity contribution in [2.75, 3.05) is 19.7 Å². The Balaban J connectivity index is 1.31. The first-order valence-corrected chi connectivity index (χ1v) is 11.5. The molecule has 2 aliphatic rings. The Morgan fingerprint density at radius 2 is 1.70 bits per heavy atom. The van der Waals surface area contributed by atoms with Crippen LogP contribution in [0.5, 0.6) is 0 Å². The van der Waals surface area contributed by atoms with Gasteiger partial charge in [-0.15, -0.1) is 0 Å². The van der Waals surface area contributed by atoms with E-state index in [1.54, 1.807) is 18.7 Å². The van der Waals surface area contributed by atoms with Crippen LogP contribution in [0.25, 0.3) is 11.1 Å². The van der Waals surface area contributed by atoms with Gasteiger partial charge in [0.2, 0.25) is 5.91 Å². The van der Waals surface area contributed by atoms with Crippen LogP contribution in [-0.2, 0) is 14.3 Å². The second kappa shape index (κ2) is 9.65. The van der Waals surface area contributed by atoms with E-state index in [1.165, 1.54) is 0 Å². The van der Waals surface area contributed by atoms with Crippen LogP contribution in [0, 0.1) is 11.8 Å². The Bertz CT molecular complexity index is 1010. The number of nitrogens with one attached hydrogen (secondary N) is 1. The average Bonchev–Trinajstić information content (AvgIpc) is 3.14. The van der Waals surface area contributed by atoms with Gasteiger partial charge in [0.1, 0.15) is 6.61 Å². The fourth-order valence-corrected chi connectivity index (χ4v) is 5.04. The summed E-state index contributed by atoms with van der Waals surface area (Å²) in [6.07, 6.45) is 0.679. The van der Waals surface area contributed by atoms with E-state index in [2.05, 4.69) is 29.6 Å². The van der Waals surface area contributed by atoms with E-state index in [4.69, 9.17) is 4.74 Å². The summed E-state index contributed by atoms with van der Waals surface area (Å²) in [5.74, 6) is -2.06. The van der Waals surface area contributed by atoms with Gasteiger partial charge in [-0.25, -0.2) is 4.79 Å². The Morgan fingerprint density at radius 3 is 2.30 bits per heavy atom. The summed E-state index contributed by atoms with van der Waals surface area (Å²) in [5.41, 5.74) is 4.61. The zero-order chi connectivity index (χ0) is 23.5. The van der Waals surface area contributed by atoms with Crippen molar-refractivity contribution in [2.45, 2.75) is 38.6 Å². The van der Waals surface area contributed by atoms with Crippen molar-refractivity contribution in [3.63, 3.8) is 0 Å². The molecule has 4 rings (SSSR count). The molecule has 3 unspecified atom stereocenters.